The Hall–Kier alpha value is -1.80. The third-order valence-electron chi connectivity index (χ3n) is 4.21. The second-order valence-electron chi connectivity index (χ2n) is 5.58. The van der Waals surface area contributed by atoms with Gasteiger partial charge in [-0.25, -0.2) is 0 Å². The van der Waals surface area contributed by atoms with Crippen LogP contribution in [0.1, 0.15) is 34.2 Å². The molecule has 0 saturated heterocycles. The van der Waals surface area contributed by atoms with Crippen LogP contribution < -0.4 is 10.1 Å². The third kappa shape index (κ3) is 2.20. The topological polar surface area (TPSA) is 21.3 Å². The number of fused-ring (bicyclic) bond motifs is 1. The van der Waals surface area contributed by atoms with E-state index in [1.807, 2.05) is 13.1 Å². The molecule has 1 aliphatic heterocycles. The molecular formula is C18H21NO. The number of hydrogen-bond acceptors (Lipinski definition) is 2. The molecule has 2 unspecified atom stereocenters. The fourth-order valence-electron chi connectivity index (χ4n) is 3.21. The zero-order chi connectivity index (χ0) is 14.1. The van der Waals surface area contributed by atoms with E-state index in [1.54, 1.807) is 0 Å². The molecule has 1 heterocycles. The van der Waals surface area contributed by atoms with Gasteiger partial charge in [0.05, 0.1) is 6.61 Å². The Morgan fingerprint density at radius 3 is 2.70 bits per heavy atom. The van der Waals surface area contributed by atoms with E-state index in [4.69, 9.17) is 4.74 Å². The maximum Gasteiger partial charge on any atom is 0.122 e. The van der Waals surface area contributed by atoms with E-state index in [2.05, 4.69) is 55.6 Å². The summed E-state index contributed by atoms with van der Waals surface area (Å²) in [5.41, 5.74) is 5.33. The zero-order valence-electron chi connectivity index (χ0n) is 12.3. The Kier molecular flexibility index (Phi) is 3.49. The number of likely N-dealkylation sites (N-methyl/N-ethyl adjacent to an activating group) is 1. The van der Waals surface area contributed by atoms with Crippen LogP contribution in [-0.2, 0) is 0 Å². The second kappa shape index (κ2) is 5.29. The highest BCUT2D eigenvalue weighted by Gasteiger charge is 2.31. The Morgan fingerprint density at radius 2 is 1.95 bits per heavy atom. The first kappa shape index (κ1) is 13.2. The Labute approximate surface area is 120 Å². The summed E-state index contributed by atoms with van der Waals surface area (Å²) in [5.74, 6) is 1.40. The summed E-state index contributed by atoms with van der Waals surface area (Å²) in [7, 11) is 2.03. The van der Waals surface area contributed by atoms with Crippen molar-refractivity contribution in [2.24, 2.45) is 0 Å². The number of benzene rings is 2. The van der Waals surface area contributed by atoms with Gasteiger partial charge in [0.15, 0.2) is 0 Å². The summed E-state index contributed by atoms with van der Waals surface area (Å²) in [6, 6.07) is 15.3. The fraction of sp³-hybridized carbons (Fsp3) is 0.333. The molecule has 0 radical (unpaired) electrons. The van der Waals surface area contributed by atoms with Crippen LogP contribution in [0.25, 0.3) is 0 Å². The number of para-hydroxylation sites is 1. The lowest BCUT2D eigenvalue weighted by atomic mass is 9.86. The lowest BCUT2D eigenvalue weighted by Crippen LogP contribution is -2.25. The number of rotatable bonds is 3. The molecule has 0 bridgehead atoms. The molecule has 1 aliphatic rings. The summed E-state index contributed by atoms with van der Waals surface area (Å²) in [6.45, 7) is 5.08. The molecule has 0 aromatic heterocycles. The molecule has 2 aromatic carbocycles. The summed E-state index contributed by atoms with van der Waals surface area (Å²) >= 11 is 0. The molecule has 104 valence electrons. The quantitative estimate of drug-likeness (QED) is 0.914. The van der Waals surface area contributed by atoms with Crippen molar-refractivity contribution >= 4 is 0 Å². The third-order valence-corrected chi connectivity index (χ3v) is 4.21. The lowest BCUT2D eigenvalue weighted by molar-refractivity contribution is 0.304. The predicted octanol–water partition coefficient (Wildman–Crippen LogP) is 3.74. The van der Waals surface area contributed by atoms with Gasteiger partial charge in [-0.3, -0.25) is 0 Å². The minimum atomic E-state index is 0.291. The molecule has 3 rings (SSSR count). The highest BCUT2D eigenvalue weighted by atomic mass is 16.5. The maximum absolute atomic E-state index is 5.84. The van der Waals surface area contributed by atoms with Gasteiger partial charge >= 0.3 is 0 Å². The average molecular weight is 267 g/mol. The van der Waals surface area contributed by atoms with Crippen molar-refractivity contribution in [3.8, 4) is 5.75 Å². The molecule has 1 N–H and O–H groups in total. The minimum Gasteiger partial charge on any atom is -0.493 e. The number of hydrogen-bond donors (Lipinski definition) is 1. The molecule has 0 spiro atoms. The molecule has 2 aromatic rings. The van der Waals surface area contributed by atoms with Crippen molar-refractivity contribution in [3.05, 3.63) is 64.7 Å². The van der Waals surface area contributed by atoms with Crippen molar-refractivity contribution in [1.29, 1.82) is 0 Å². The van der Waals surface area contributed by atoms with E-state index in [9.17, 15) is 0 Å². The van der Waals surface area contributed by atoms with Gasteiger partial charge in [0.1, 0.15) is 5.75 Å². The summed E-state index contributed by atoms with van der Waals surface area (Å²) in [6.07, 6.45) is 0. The van der Waals surface area contributed by atoms with E-state index in [1.165, 1.54) is 22.3 Å². The zero-order valence-corrected chi connectivity index (χ0v) is 12.3. The molecule has 0 saturated carbocycles. The minimum absolute atomic E-state index is 0.291. The van der Waals surface area contributed by atoms with E-state index in [0.717, 1.165) is 12.4 Å². The van der Waals surface area contributed by atoms with Gasteiger partial charge in [0, 0.05) is 17.5 Å². The van der Waals surface area contributed by atoms with Crippen LogP contribution in [0.4, 0.5) is 0 Å². The average Bonchev–Trinajstić information content (AvgIpc) is 2.86. The Morgan fingerprint density at radius 1 is 1.15 bits per heavy atom. The van der Waals surface area contributed by atoms with Crippen LogP contribution >= 0.6 is 0 Å². The fourth-order valence-corrected chi connectivity index (χ4v) is 3.21. The Bertz CT molecular complexity index is 621. The van der Waals surface area contributed by atoms with Gasteiger partial charge in [-0.05, 0) is 38.1 Å². The van der Waals surface area contributed by atoms with Crippen LogP contribution in [0.3, 0.4) is 0 Å². The van der Waals surface area contributed by atoms with Crippen LogP contribution in [0.5, 0.6) is 5.75 Å². The van der Waals surface area contributed by atoms with Crippen LogP contribution in [-0.4, -0.2) is 13.7 Å². The molecular weight excluding hydrogens is 246 g/mol. The van der Waals surface area contributed by atoms with Crippen molar-refractivity contribution < 1.29 is 4.74 Å². The largest absolute Gasteiger partial charge is 0.493 e. The smallest absolute Gasteiger partial charge is 0.122 e. The molecule has 2 nitrogen and oxygen atoms in total. The van der Waals surface area contributed by atoms with Crippen LogP contribution in [0.2, 0.25) is 0 Å². The summed E-state index contributed by atoms with van der Waals surface area (Å²) < 4.78 is 5.84. The first-order chi connectivity index (χ1) is 9.70. The molecule has 20 heavy (non-hydrogen) atoms. The Balaban J connectivity index is 1.99. The monoisotopic (exact) mass is 267 g/mol. The summed E-state index contributed by atoms with van der Waals surface area (Å²) in [4.78, 5) is 0. The summed E-state index contributed by atoms with van der Waals surface area (Å²) in [5, 5.41) is 3.48. The number of nitrogens with one attached hydrogen (secondary N) is 1. The van der Waals surface area contributed by atoms with Gasteiger partial charge in [0.2, 0.25) is 0 Å². The van der Waals surface area contributed by atoms with Gasteiger partial charge < -0.3 is 10.1 Å². The lowest BCUT2D eigenvalue weighted by Gasteiger charge is -2.24. The molecule has 0 aliphatic carbocycles. The first-order valence-electron chi connectivity index (χ1n) is 7.17. The highest BCUT2D eigenvalue weighted by Crippen LogP contribution is 2.41. The first-order valence-corrected chi connectivity index (χ1v) is 7.17. The van der Waals surface area contributed by atoms with E-state index in [0.29, 0.717) is 12.0 Å². The van der Waals surface area contributed by atoms with E-state index in [-0.39, 0.29) is 0 Å². The van der Waals surface area contributed by atoms with Crippen molar-refractivity contribution in [1.82, 2.24) is 5.32 Å². The van der Waals surface area contributed by atoms with Crippen LogP contribution in [0, 0.1) is 13.8 Å². The second-order valence-corrected chi connectivity index (χ2v) is 5.58. The van der Waals surface area contributed by atoms with Gasteiger partial charge in [0.25, 0.3) is 0 Å². The molecule has 0 amide bonds. The number of ether oxygens (including phenoxy) is 1. The molecule has 2 atom stereocenters. The van der Waals surface area contributed by atoms with Crippen molar-refractivity contribution in [2.45, 2.75) is 25.8 Å². The predicted molar refractivity (Wildman–Crippen MR) is 82.4 cm³/mol. The van der Waals surface area contributed by atoms with E-state index < -0.39 is 0 Å². The highest BCUT2D eigenvalue weighted by molar-refractivity contribution is 5.43. The van der Waals surface area contributed by atoms with Gasteiger partial charge in [-0.2, -0.15) is 0 Å². The van der Waals surface area contributed by atoms with Crippen molar-refractivity contribution in [2.75, 3.05) is 13.7 Å². The molecule has 2 heteroatoms. The standard InChI is InChI=1S/C18H21NO/c1-12-8-9-14(13(2)10-12)18(19-3)16-11-20-17-7-5-4-6-15(16)17/h4-10,16,18-19H,11H2,1-3H3. The van der Waals surface area contributed by atoms with E-state index >= 15 is 0 Å². The van der Waals surface area contributed by atoms with Crippen molar-refractivity contribution in [3.63, 3.8) is 0 Å². The molecule has 0 fully saturated rings. The number of aryl methyl sites for hydroxylation is 2. The van der Waals surface area contributed by atoms with Crippen LogP contribution in [0.15, 0.2) is 42.5 Å². The SMILES string of the molecule is CNC(c1ccc(C)cc1C)C1COc2ccccc21. The maximum atomic E-state index is 5.84. The van der Waals surface area contributed by atoms with Gasteiger partial charge in [-0.15, -0.1) is 0 Å². The van der Waals surface area contributed by atoms with Gasteiger partial charge in [-0.1, -0.05) is 42.0 Å². The normalized spacial score (nSPS) is 18.4.